The first-order valence-corrected chi connectivity index (χ1v) is 15.4. The molecule has 0 spiro atoms. The topological polar surface area (TPSA) is 37.3 Å². The van der Waals surface area contributed by atoms with Crippen molar-refractivity contribution in [2.24, 2.45) is 0 Å². The van der Waals surface area contributed by atoms with E-state index in [1.54, 1.807) is 24.3 Å². The summed E-state index contributed by atoms with van der Waals surface area (Å²) in [6, 6.07) is 16.6. The Morgan fingerprint density at radius 1 is 1.00 bits per heavy atom. The van der Waals surface area contributed by atoms with Gasteiger partial charge in [-0.15, -0.1) is 0 Å². The fraction of sp³-hybridized carbons (Fsp3) is 0.188. The maximum atomic E-state index is 12.1. The number of carbonyl (C=O) groups excluding carboxylic acids is 1. The summed E-state index contributed by atoms with van der Waals surface area (Å²) >= 11 is -3.11. The molecule has 0 saturated heterocycles. The third kappa shape index (κ3) is 9.00. The number of benzene rings is 2. The first kappa shape index (κ1) is 20.8. The van der Waals surface area contributed by atoms with Crippen LogP contribution in [0.2, 0.25) is 0 Å². The van der Waals surface area contributed by atoms with Crippen LogP contribution in [-0.2, 0) is 12.3 Å². The quantitative estimate of drug-likeness (QED) is 0.443. The van der Waals surface area contributed by atoms with Gasteiger partial charge in [0.1, 0.15) is 5.75 Å². The molecule has 0 radical (unpaired) electrons. The first-order valence-electron chi connectivity index (χ1n) is 6.80. The van der Waals surface area contributed by atoms with Gasteiger partial charge in [0.2, 0.25) is 0 Å². The van der Waals surface area contributed by atoms with E-state index in [9.17, 15) is 9.90 Å². The Morgan fingerprint density at radius 2 is 1.48 bits per heavy atom. The van der Waals surface area contributed by atoms with Gasteiger partial charge in [0.25, 0.3) is 0 Å². The molecule has 1 atom stereocenters. The van der Waals surface area contributed by atoms with Gasteiger partial charge >= 0.3 is 49.6 Å². The molecule has 0 amide bonds. The minimum absolute atomic E-state index is 0.0237. The summed E-state index contributed by atoms with van der Waals surface area (Å²) in [5.41, 5.74) is 1.54. The van der Waals surface area contributed by atoms with Crippen LogP contribution in [0.15, 0.2) is 54.6 Å². The summed E-state index contributed by atoms with van der Waals surface area (Å²) in [7, 11) is 20.1. The normalized spacial score (nSPS) is 12.0. The fourth-order valence-electron chi connectivity index (χ4n) is 2.00. The molecule has 124 valence electrons. The van der Waals surface area contributed by atoms with Crippen LogP contribution < -0.4 is 0 Å². The maximum absolute atomic E-state index is 12.1. The number of Topliss-reactive ketones (excluding diaryl/α,β-unsaturated/α-hetero) is 1. The Balaban J connectivity index is 0.000000463. The van der Waals surface area contributed by atoms with Crippen LogP contribution in [0.25, 0.3) is 0 Å². The summed E-state index contributed by atoms with van der Waals surface area (Å²) in [6.45, 7) is 2.02. The molecule has 0 aliphatic rings. The van der Waals surface area contributed by atoms with Crippen LogP contribution in [0.5, 0.6) is 5.75 Å². The van der Waals surface area contributed by atoms with Gasteiger partial charge in [0, 0.05) is 6.42 Å². The molecule has 23 heavy (non-hydrogen) atoms. The number of aromatic hydroxyl groups is 1. The zero-order valence-corrected chi connectivity index (χ0v) is 16.9. The number of hydrogen-bond acceptors (Lipinski definition) is 2. The Kier molecular flexibility index (Phi) is 8.99. The Bertz CT molecular complexity index is 623. The molecule has 0 aliphatic heterocycles. The van der Waals surface area contributed by atoms with Crippen LogP contribution in [0.3, 0.4) is 0 Å². The van der Waals surface area contributed by atoms with Crippen LogP contribution in [-0.4, -0.2) is 10.9 Å². The average molecular weight is 430 g/mol. The molecule has 1 unspecified atom stereocenters. The Labute approximate surface area is 155 Å². The van der Waals surface area contributed by atoms with Crippen molar-refractivity contribution in [2.45, 2.75) is 19.3 Å². The van der Waals surface area contributed by atoms with Gasteiger partial charge in [-0.1, -0.05) is 49.4 Å². The van der Waals surface area contributed by atoms with Crippen molar-refractivity contribution >= 4 is 43.0 Å². The average Bonchev–Trinajstić information content (AvgIpc) is 2.46. The molecule has 0 bridgehead atoms. The molecule has 2 aromatic carbocycles. The van der Waals surface area contributed by atoms with E-state index in [4.69, 9.17) is 37.2 Å². The monoisotopic (exact) mass is 428 g/mol. The van der Waals surface area contributed by atoms with Gasteiger partial charge in [-0.2, -0.15) is 0 Å². The second-order valence-corrected chi connectivity index (χ2v) is 20.4. The summed E-state index contributed by atoms with van der Waals surface area (Å²) < 4.78 is 0. The first-order chi connectivity index (χ1) is 10.7. The second kappa shape index (κ2) is 9.93. The zero-order valence-electron chi connectivity index (χ0n) is 12.3. The number of phenolic OH excluding ortho intramolecular Hbond substituents is 1. The standard InChI is InChI=1S/C16H16O2.4ClH.Ti/c1-12(13-7-3-2-4-8-13)11-16(18)14-9-5-6-10-15(14)17;;;;;/h2-10,12,17H,11H2,1H3;4*1H;/q;;;;;+4/p-4. The van der Waals surface area contributed by atoms with E-state index in [-0.39, 0.29) is 17.5 Å². The number of halogens is 4. The van der Waals surface area contributed by atoms with Crippen LogP contribution in [0.1, 0.15) is 35.2 Å². The Hall–Kier alpha value is -0.216. The van der Waals surface area contributed by atoms with Crippen molar-refractivity contribution in [3.8, 4) is 5.75 Å². The van der Waals surface area contributed by atoms with E-state index < -0.39 is 12.3 Å². The minimum atomic E-state index is -3.11. The van der Waals surface area contributed by atoms with Crippen molar-refractivity contribution in [1.29, 1.82) is 0 Å². The van der Waals surface area contributed by atoms with Crippen LogP contribution in [0, 0.1) is 0 Å². The van der Waals surface area contributed by atoms with Crippen molar-refractivity contribution in [1.82, 2.24) is 0 Å². The fourth-order valence-corrected chi connectivity index (χ4v) is 2.00. The third-order valence-corrected chi connectivity index (χ3v) is 3.06. The van der Waals surface area contributed by atoms with E-state index in [0.717, 1.165) is 5.56 Å². The van der Waals surface area contributed by atoms with Gasteiger partial charge in [-0.3, -0.25) is 4.79 Å². The number of hydrogen-bond donors (Lipinski definition) is 1. The molecular weight excluding hydrogens is 414 g/mol. The summed E-state index contributed by atoms with van der Waals surface area (Å²) in [5, 5.41) is 9.64. The third-order valence-electron chi connectivity index (χ3n) is 3.06. The molecule has 0 aliphatic carbocycles. The molecule has 2 nitrogen and oxygen atoms in total. The van der Waals surface area contributed by atoms with Gasteiger partial charge in [-0.25, -0.2) is 0 Å². The van der Waals surface area contributed by atoms with E-state index in [2.05, 4.69) is 0 Å². The van der Waals surface area contributed by atoms with E-state index in [1.165, 1.54) is 0 Å². The van der Waals surface area contributed by atoms with Crippen molar-refractivity contribution in [3.63, 3.8) is 0 Å². The SMILES string of the molecule is CC(CC(=O)c1ccccc1O)c1ccccc1.[Cl][Ti]([Cl])([Cl])[Cl]. The predicted molar refractivity (Wildman–Crippen MR) is 95.3 cm³/mol. The summed E-state index contributed by atoms with van der Waals surface area (Å²) in [5.74, 6) is 0.186. The number of para-hydroxylation sites is 1. The van der Waals surface area contributed by atoms with Gasteiger partial charge in [-0.05, 0) is 23.6 Å². The zero-order chi connectivity index (χ0) is 17.5. The second-order valence-electron chi connectivity index (χ2n) is 4.88. The molecule has 7 heteroatoms. The number of rotatable bonds is 4. The van der Waals surface area contributed by atoms with Crippen LogP contribution >= 0.6 is 37.2 Å². The molecule has 0 heterocycles. The Morgan fingerprint density at radius 3 is 2.00 bits per heavy atom. The molecule has 2 aromatic rings. The molecular formula is C16H16Cl4O2Ti. The summed E-state index contributed by atoms with van der Waals surface area (Å²) in [6.07, 6.45) is 0.404. The van der Waals surface area contributed by atoms with Gasteiger partial charge < -0.3 is 5.11 Å². The van der Waals surface area contributed by atoms with Gasteiger partial charge in [0.05, 0.1) is 5.56 Å². The molecule has 0 aromatic heterocycles. The molecule has 0 fully saturated rings. The molecule has 1 N–H and O–H groups in total. The van der Waals surface area contributed by atoms with Crippen molar-refractivity contribution < 1.29 is 22.2 Å². The number of ketones is 1. The van der Waals surface area contributed by atoms with Crippen LogP contribution in [0.4, 0.5) is 0 Å². The predicted octanol–water partition coefficient (Wildman–Crippen LogP) is 6.52. The summed E-state index contributed by atoms with van der Waals surface area (Å²) in [4.78, 5) is 12.1. The van der Waals surface area contributed by atoms with E-state index >= 15 is 0 Å². The van der Waals surface area contributed by atoms with Crippen molar-refractivity contribution in [2.75, 3.05) is 0 Å². The van der Waals surface area contributed by atoms with Gasteiger partial charge in [0.15, 0.2) is 5.78 Å². The number of carbonyl (C=O) groups is 1. The van der Waals surface area contributed by atoms with Crippen molar-refractivity contribution in [3.05, 3.63) is 65.7 Å². The van der Waals surface area contributed by atoms with E-state index in [1.807, 2.05) is 37.3 Å². The molecule has 2 rings (SSSR count). The number of phenols is 1. The van der Waals surface area contributed by atoms with E-state index in [0.29, 0.717) is 12.0 Å². The molecule has 0 saturated carbocycles.